The minimum absolute atomic E-state index is 0.0734. The Hall–Kier alpha value is -2.37. The number of hydrogen-bond acceptors (Lipinski definition) is 4. The molecule has 6 heteroatoms. The van der Waals surface area contributed by atoms with Gasteiger partial charge in [0.2, 0.25) is 5.91 Å². The van der Waals surface area contributed by atoms with Crippen molar-refractivity contribution in [2.45, 2.75) is 57.4 Å². The molecule has 0 saturated heterocycles. The van der Waals surface area contributed by atoms with E-state index in [0.717, 1.165) is 32.1 Å². The van der Waals surface area contributed by atoms with Gasteiger partial charge in [-0.25, -0.2) is 0 Å². The molecule has 0 spiro atoms. The summed E-state index contributed by atoms with van der Waals surface area (Å²) in [6, 6.07) is 7.96. The van der Waals surface area contributed by atoms with E-state index in [2.05, 4.69) is 10.6 Å². The molecule has 0 aliphatic heterocycles. The zero-order valence-electron chi connectivity index (χ0n) is 15.0. The van der Waals surface area contributed by atoms with Gasteiger partial charge in [0.05, 0.1) is 12.0 Å². The third kappa shape index (κ3) is 6.50. The van der Waals surface area contributed by atoms with Crippen LogP contribution in [0.1, 0.15) is 61.7 Å². The van der Waals surface area contributed by atoms with E-state index in [1.54, 1.807) is 24.3 Å². The van der Waals surface area contributed by atoms with Crippen LogP contribution in [0.5, 0.6) is 0 Å². The lowest BCUT2D eigenvalue weighted by Crippen LogP contribution is -2.49. The minimum Gasteiger partial charge on any atom is -0.548 e. The van der Waals surface area contributed by atoms with Crippen LogP contribution in [0.2, 0.25) is 0 Å². The molecule has 1 atom stereocenters. The van der Waals surface area contributed by atoms with Crippen LogP contribution in [0, 0.1) is 5.92 Å². The van der Waals surface area contributed by atoms with Gasteiger partial charge in [-0.15, -0.1) is 0 Å². The van der Waals surface area contributed by atoms with Crippen LogP contribution in [-0.4, -0.2) is 30.4 Å². The monoisotopic (exact) mass is 359 g/mol. The fourth-order valence-corrected chi connectivity index (χ4v) is 3.27. The molecular weight excluding hydrogens is 332 g/mol. The van der Waals surface area contributed by atoms with Crippen LogP contribution in [0.15, 0.2) is 30.3 Å². The molecule has 1 aromatic carbocycles. The summed E-state index contributed by atoms with van der Waals surface area (Å²) in [5, 5.41) is 16.7. The fourth-order valence-electron chi connectivity index (χ4n) is 3.27. The van der Waals surface area contributed by atoms with Gasteiger partial charge in [0.15, 0.2) is 0 Å². The van der Waals surface area contributed by atoms with Crippen molar-refractivity contribution in [2.75, 3.05) is 6.54 Å². The molecule has 0 bridgehead atoms. The maximum atomic E-state index is 12.2. The van der Waals surface area contributed by atoms with Crippen LogP contribution >= 0.6 is 0 Å². The molecule has 1 saturated carbocycles. The smallest absolute Gasteiger partial charge is 0.251 e. The Kier molecular flexibility index (Phi) is 8.12. The molecule has 0 unspecified atom stereocenters. The number of carboxylic acid groups (broad SMARTS) is 1. The summed E-state index contributed by atoms with van der Waals surface area (Å²) in [6.07, 6.45) is 6.38. The minimum atomic E-state index is -1.25. The van der Waals surface area contributed by atoms with Gasteiger partial charge in [-0.3, -0.25) is 9.59 Å². The van der Waals surface area contributed by atoms with Crippen molar-refractivity contribution in [3.8, 4) is 0 Å². The van der Waals surface area contributed by atoms with Crippen LogP contribution in [0.4, 0.5) is 0 Å². The SMILES string of the molecule is O=C(NCCCC[C@@H](NC(=O)C1CCCCC1)C(=O)[O-])c1ccccc1. The van der Waals surface area contributed by atoms with E-state index in [9.17, 15) is 19.5 Å². The van der Waals surface area contributed by atoms with Gasteiger partial charge in [0, 0.05) is 18.0 Å². The Bertz CT molecular complexity index is 597. The van der Waals surface area contributed by atoms with Gasteiger partial charge in [-0.05, 0) is 44.2 Å². The standard InChI is InChI=1S/C20H28N2O4/c23-18(15-9-3-1-4-10-15)21-14-8-7-13-17(20(25)26)22-19(24)16-11-5-2-6-12-16/h1,3-4,9-10,16-17H,2,5-8,11-14H2,(H,21,23)(H,22,24)(H,25,26)/p-1/t17-/m1/s1. The van der Waals surface area contributed by atoms with Gasteiger partial charge >= 0.3 is 0 Å². The van der Waals surface area contributed by atoms with E-state index < -0.39 is 12.0 Å². The summed E-state index contributed by atoms with van der Waals surface area (Å²) in [7, 11) is 0. The highest BCUT2D eigenvalue weighted by Gasteiger charge is 2.23. The second-order valence-electron chi connectivity index (χ2n) is 6.83. The molecular formula is C20H27N2O4-. The Balaban J connectivity index is 1.67. The Morgan fingerprint density at radius 2 is 1.73 bits per heavy atom. The summed E-state index contributed by atoms with van der Waals surface area (Å²) < 4.78 is 0. The first kappa shape index (κ1) is 19.9. The van der Waals surface area contributed by atoms with E-state index in [1.807, 2.05) is 6.07 Å². The Morgan fingerprint density at radius 1 is 1.04 bits per heavy atom. The topological polar surface area (TPSA) is 98.3 Å². The predicted octanol–water partition coefficient (Wildman–Crippen LogP) is 1.40. The van der Waals surface area contributed by atoms with Crippen molar-refractivity contribution in [3.05, 3.63) is 35.9 Å². The summed E-state index contributed by atoms with van der Waals surface area (Å²) >= 11 is 0. The van der Waals surface area contributed by atoms with Gasteiger partial charge in [-0.2, -0.15) is 0 Å². The molecule has 2 amide bonds. The van der Waals surface area contributed by atoms with Crippen molar-refractivity contribution in [1.82, 2.24) is 10.6 Å². The molecule has 2 rings (SSSR count). The highest BCUT2D eigenvalue weighted by molar-refractivity contribution is 5.94. The number of amides is 2. The second-order valence-corrected chi connectivity index (χ2v) is 6.83. The summed E-state index contributed by atoms with van der Waals surface area (Å²) in [5.74, 6) is -1.64. The number of unbranched alkanes of at least 4 members (excludes halogenated alkanes) is 1. The van der Waals surface area contributed by atoms with Crippen LogP contribution in [0.25, 0.3) is 0 Å². The van der Waals surface area contributed by atoms with Crippen molar-refractivity contribution in [3.63, 3.8) is 0 Å². The molecule has 1 aromatic rings. The normalized spacial score (nSPS) is 15.8. The lowest BCUT2D eigenvalue weighted by atomic mass is 9.88. The number of carbonyl (C=O) groups is 3. The summed E-state index contributed by atoms with van der Waals surface area (Å²) in [4.78, 5) is 35.4. The second kappa shape index (κ2) is 10.6. The van der Waals surface area contributed by atoms with Gasteiger partial charge in [0.1, 0.15) is 0 Å². The molecule has 142 valence electrons. The first-order valence-corrected chi connectivity index (χ1v) is 9.42. The van der Waals surface area contributed by atoms with Crippen molar-refractivity contribution >= 4 is 17.8 Å². The molecule has 0 heterocycles. The number of carbonyl (C=O) groups excluding carboxylic acids is 3. The Morgan fingerprint density at radius 3 is 2.38 bits per heavy atom. The maximum absolute atomic E-state index is 12.2. The molecule has 2 N–H and O–H groups in total. The number of rotatable bonds is 9. The zero-order chi connectivity index (χ0) is 18.8. The van der Waals surface area contributed by atoms with E-state index >= 15 is 0 Å². The van der Waals surface area contributed by atoms with Crippen molar-refractivity contribution in [2.24, 2.45) is 5.92 Å². The third-order valence-corrected chi connectivity index (χ3v) is 4.82. The van der Waals surface area contributed by atoms with E-state index in [4.69, 9.17) is 0 Å². The van der Waals surface area contributed by atoms with Crippen LogP contribution < -0.4 is 15.7 Å². The molecule has 1 aliphatic carbocycles. The predicted molar refractivity (Wildman–Crippen MR) is 96.1 cm³/mol. The van der Waals surface area contributed by atoms with E-state index in [1.165, 1.54) is 0 Å². The fraction of sp³-hybridized carbons (Fsp3) is 0.550. The highest BCUT2D eigenvalue weighted by Crippen LogP contribution is 2.23. The van der Waals surface area contributed by atoms with Gasteiger partial charge < -0.3 is 20.5 Å². The number of aliphatic carboxylic acids is 1. The molecule has 1 aliphatic rings. The van der Waals surface area contributed by atoms with E-state index in [0.29, 0.717) is 31.4 Å². The lowest BCUT2D eigenvalue weighted by Gasteiger charge is -2.25. The first-order chi connectivity index (χ1) is 12.6. The number of benzene rings is 1. The quantitative estimate of drug-likeness (QED) is 0.651. The highest BCUT2D eigenvalue weighted by atomic mass is 16.4. The van der Waals surface area contributed by atoms with Crippen LogP contribution in [-0.2, 0) is 9.59 Å². The number of nitrogens with one attached hydrogen (secondary N) is 2. The zero-order valence-corrected chi connectivity index (χ0v) is 15.0. The maximum Gasteiger partial charge on any atom is 0.251 e. The van der Waals surface area contributed by atoms with Crippen molar-refractivity contribution in [1.29, 1.82) is 0 Å². The molecule has 6 nitrogen and oxygen atoms in total. The molecule has 0 radical (unpaired) electrons. The average Bonchev–Trinajstić information content (AvgIpc) is 2.67. The van der Waals surface area contributed by atoms with E-state index in [-0.39, 0.29) is 17.7 Å². The largest absolute Gasteiger partial charge is 0.548 e. The first-order valence-electron chi connectivity index (χ1n) is 9.42. The molecule has 0 aromatic heterocycles. The Labute approximate surface area is 154 Å². The number of hydrogen-bond donors (Lipinski definition) is 2. The van der Waals surface area contributed by atoms with Crippen molar-refractivity contribution < 1.29 is 19.5 Å². The molecule has 26 heavy (non-hydrogen) atoms. The third-order valence-electron chi connectivity index (χ3n) is 4.82. The van der Waals surface area contributed by atoms with Gasteiger partial charge in [-0.1, -0.05) is 37.5 Å². The molecule has 1 fully saturated rings. The average molecular weight is 359 g/mol. The van der Waals surface area contributed by atoms with Crippen LogP contribution in [0.3, 0.4) is 0 Å². The lowest BCUT2D eigenvalue weighted by molar-refractivity contribution is -0.308. The summed E-state index contributed by atoms with van der Waals surface area (Å²) in [5.41, 5.74) is 0.597. The summed E-state index contributed by atoms with van der Waals surface area (Å²) in [6.45, 7) is 0.462. The number of carboxylic acids is 1. The van der Waals surface area contributed by atoms with Gasteiger partial charge in [0.25, 0.3) is 5.91 Å².